The molecule has 0 radical (unpaired) electrons. The van der Waals surface area contributed by atoms with Gasteiger partial charge < -0.3 is 14.5 Å². The molecule has 1 aromatic heterocycles. The maximum absolute atomic E-state index is 12.8. The van der Waals surface area contributed by atoms with Crippen molar-refractivity contribution in [3.8, 4) is 0 Å². The number of benzene rings is 2. The van der Waals surface area contributed by atoms with E-state index in [1.54, 1.807) is 37.1 Å². The number of nitrogens with zero attached hydrogens (tertiary/aromatic N) is 2. The Balaban J connectivity index is 1.94. The Morgan fingerprint density at radius 1 is 1.11 bits per heavy atom. The van der Waals surface area contributed by atoms with E-state index in [0.29, 0.717) is 29.7 Å². The van der Waals surface area contributed by atoms with Crippen LogP contribution in [0, 0.1) is 13.8 Å². The van der Waals surface area contributed by atoms with Gasteiger partial charge in [-0.3, -0.25) is 14.4 Å². The van der Waals surface area contributed by atoms with Gasteiger partial charge in [0, 0.05) is 25.7 Å². The Morgan fingerprint density at radius 2 is 1.85 bits per heavy atom. The minimum Gasteiger partial charge on any atom is -0.337 e. The zero-order valence-corrected chi connectivity index (χ0v) is 16.0. The van der Waals surface area contributed by atoms with Crippen molar-refractivity contribution in [2.75, 3.05) is 7.05 Å². The summed E-state index contributed by atoms with van der Waals surface area (Å²) in [6.07, 6.45) is 0. The summed E-state index contributed by atoms with van der Waals surface area (Å²) in [4.78, 5) is 40.9. The smallest absolute Gasteiger partial charge is 0.316 e. The molecule has 1 heterocycles. The molecule has 0 aliphatic rings. The topological polar surface area (TPSA) is 75.2 Å². The molecule has 0 unspecified atom stereocenters. The first kappa shape index (κ1) is 18.6. The fourth-order valence-electron chi connectivity index (χ4n) is 3.30. The molecule has 27 heavy (non-hydrogen) atoms. The second-order valence-corrected chi connectivity index (χ2v) is 6.83. The standard InChI is InChI=1S/C21H23N3O3/c1-5-24-18-9-8-15(11-17(18)22-19(25)21(24)27)20(26)23(4)12-16-7-6-13(2)10-14(16)3/h6-11H,5,12H2,1-4H3,(H,22,25). The molecule has 6 heteroatoms. The minimum absolute atomic E-state index is 0.146. The van der Waals surface area contributed by atoms with E-state index in [0.717, 1.165) is 11.1 Å². The normalized spacial score (nSPS) is 11.0. The number of nitrogens with one attached hydrogen (secondary N) is 1. The van der Waals surface area contributed by atoms with Gasteiger partial charge in [0.05, 0.1) is 11.0 Å². The summed E-state index contributed by atoms with van der Waals surface area (Å²) in [6.45, 7) is 6.76. The van der Waals surface area contributed by atoms with Crippen molar-refractivity contribution < 1.29 is 4.79 Å². The molecule has 3 aromatic rings. The summed E-state index contributed by atoms with van der Waals surface area (Å²) >= 11 is 0. The van der Waals surface area contributed by atoms with Crippen LogP contribution in [0.15, 0.2) is 46.0 Å². The second kappa shape index (κ2) is 7.23. The van der Waals surface area contributed by atoms with Crippen LogP contribution in [-0.2, 0) is 13.1 Å². The van der Waals surface area contributed by atoms with Gasteiger partial charge in [-0.2, -0.15) is 0 Å². The number of aryl methyl sites for hydroxylation is 3. The Bertz CT molecular complexity index is 1140. The molecule has 3 rings (SSSR count). The molecule has 1 N–H and O–H groups in total. The summed E-state index contributed by atoms with van der Waals surface area (Å²) in [7, 11) is 1.75. The summed E-state index contributed by atoms with van der Waals surface area (Å²) < 4.78 is 1.40. The van der Waals surface area contributed by atoms with Gasteiger partial charge in [-0.15, -0.1) is 0 Å². The van der Waals surface area contributed by atoms with E-state index < -0.39 is 11.1 Å². The number of H-pyrrole nitrogens is 1. The van der Waals surface area contributed by atoms with Gasteiger partial charge in [0.25, 0.3) is 5.91 Å². The lowest BCUT2D eigenvalue weighted by Crippen LogP contribution is -2.36. The van der Waals surface area contributed by atoms with Crippen LogP contribution in [0.3, 0.4) is 0 Å². The van der Waals surface area contributed by atoms with Gasteiger partial charge in [-0.1, -0.05) is 23.8 Å². The number of carbonyl (C=O) groups excluding carboxylic acids is 1. The number of amides is 1. The molecule has 140 valence electrons. The maximum atomic E-state index is 12.8. The third-order valence-electron chi connectivity index (χ3n) is 4.79. The summed E-state index contributed by atoms with van der Waals surface area (Å²) in [6, 6.07) is 11.2. The number of carbonyl (C=O) groups is 1. The lowest BCUT2D eigenvalue weighted by atomic mass is 10.0. The van der Waals surface area contributed by atoms with E-state index in [1.807, 2.05) is 26.0 Å². The van der Waals surface area contributed by atoms with E-state index >= 15 is 0 Å². The molecule has 2 aromatic carbocycles. The fourth-order valence-corrected chi connectivity index (χ4v) is 3.30. The number of hydrogen-bond donors (Lipinski definition) is 1. The van der Waals surface area contributed by atoms with Crippen LogP contribution in [0.25, 0.3) is 11.0 Å². The van der Waals surface area contributed by atoms with Crippen molar-refractivity contribution >= 4 is 16.9 Å². The first-order valence-corrected chi connectivity index (χ1v) is 8.90. The molecule has 0 aliphatic carbocycles. The Labute approximate surface area is 157 Å². The van der Waals surface area contributed by atoms with Crippen LogP contribution in [-0.4, -0.2) is 27.4 Å². The van der Waals surface area contributed by atoms with E-state index in [-0.39, 0.29) is 5.91 Å². The van der Waals surface area contributed by atoms with Gasteiger partial charge in [0.15, 0.2) is 0 Å². The molecule has 0 saturated carbocycles. The van der Waals surface area contributed by atoms with Crippen molar-refractivity contribution in [1.29, 1.82) is 0 Å². The molecule has 0 saturated heterocycles. The van der Waals surface area contributed by atoms with Crippen LogP contribution in [0.4, 0.5) is 0 Å². The molecule has 6 nitrogen and oxygen atoms in total. The zero-order valence-electron chi connectivity index (χ0n) is 16.0. The van der Waals surface area contributed by atoms with E-state index in [4.69, 9.17) is 0 Å². The SMILES string of the molecule is CCn1c(=O)c(=O)[nH]c2cc(C(=O)N(C)Cc3ccc(C)cc3C)ccc21. The number of aromatic amines is 1. The number of rotatable bonds is 4. The highest BCUT2D eigenvalue weighted by Gasteiger charge is 2.15. The number of fused-ring (bicyclic) bond motifs is 1. The third-order valence-corrected chi connectivity index (χ3v) is 4.79. The van der Waals surface area contributed by atoms with E-state index in [9.17, 15) is 14.4 Å². The summed E-state index contributed by atoms with van der Waals surface area (Å²) in [5.41, 5.74) is 3.70. The largest absolute Gasteiger partial charge is 0.337 e. The average molecular weight is 365 g/mol. The minimum atomic E-state index is -0.683. The third kappa shape index (κ3) is 3.56. The van der Waals surface area contributed by atoms with Gasteiger partial charge >= 0.3 is 11.1 Å². The molecule has 0 atom stereocenters. The first-order chi connectivity index (χ1) is 12.8. The average Bonchev–Trinajstić information content (AvgIpc) is 2.64. The van der Waals surface area contributed by atoms with Crippen LogP contribution in [0.1, 0.15) is 34.0 Å². The molecule has 0 spiro atoms. The van der Waals surface area contributed by atoms with E-state index in [1.165, 1.54) is 10.1 Å². The van der Waals surface area contributed by atoms with Gasteiger partial charge in [0.2, 0.25) is 0 Å². The van der Waals surface area contributed by atoms with Gasteiger partial charge in [0.1, 0.15) is 0 Å². The maximum Gasteiger partial charge on any atom is 0.316 e. The van der Waals surface area contributed by atoms with Crippen LogP contribution < -0.4 is 11.1 Å². The highest BCUT2D eigenvalue weighted by molar-refractivity contribution is 5.97. The molecule has 0 fully saturated rings. The molecule has 0 bridgehead atoms. The molecule has 0 aliphatic heterocycles. The molecule has 1 amide bonds. The summed E-state index contributed by atoms with van der Waals surface area (Å²) in [5, 5.41) is 0. The van der Waals surface area contributed by atoms with Crippen molar-refractivity contribution in [2.24, 2.45) is 0 Å². The lowest BCUT2D eigenvalue weighted by molar-refractivity contribution is 0.0785. The van der Waals surface area contributed by atoms with Crippen LogP contribution in [0.2, 0.25) is 0 Å². The predicted molar refractivity (Wildman–Crippen MR) is 106 cm³/mol. The number of hydrogen-bond acceptors (Lipinski definition) is 3. The number of aromatic nitrogens is 2. The Morgan fingerprint density at radius 3 is 2.52 bits per heavy atom. The van der Waals surface area contributed by atoms with Crippen LogP contribution in [0.5, 0.6) is 0 Å². The highest BCUT2D eigenvalue weighted by atomic mass is 16.2. The van der Waals surface area contributed by atoms with Crippen LogP contribution >= 0.6 is 0 Å². The monoisotopic (exact) mass is 365 g/mol. The quantitative estimate of drug-likeness (QED) is 0.722. The Hall–Kier alpha value is -3.15. The van der Waals surface area contributed by atoms with Crippen molar-refractivity contribution in [2.45, 2.75) is 33.9 Å². The van der Waals surface area contributed by atoms with Crippen molar-refractivity contribution in [3.05, 3.63) is 79.4 Å². The molecular formula is C21H23N3O3. The lowest BCUT2D eigenvalue weighted by Gasteiger charge is -2.19. The van der Waals surface area contributed by atoms with Gasteiger partial charge in [-0.25, -0.2) is 0 Å². The van der Waals surface area contributed by atoms with E-state index in [2.05, 4.69) is 11.1 Å². The fraction of sp³-hybridized carbons (Fsp3) is 0.286. The Kier molecular flexibility index (Phi) is 4.99. The highest BCUT2D eigenvalue weighted by Crippen LogP contribution is 2.16. The molecular weight excluding hydrogens is 342 g/mol. The van der Waals surface area contributed by atoms with Gasteiger partial charge in [-0.05, 0) is 50.1 Å². The van der Waals surface area contributed by atoms with Crippen molar-refractivity contribution in [3.63, 3.8) is 0 Å². The summed E-state index contributed by atoms with van der Waals surface area (Å²) in [5.74, 6) is -0.146. The van der Waals surface area contributed by atoms with Crippen molar-refractivity contribution in [1.82, 2.24) is 14.5 Å². The first-order valence-electron chi connectivity index (χ1n) is 8.90. The zero-order chi connectivity index (χ0) is 19.7. The predicted octanol–water partition coefficient (Wildman–Crippen LogP) is 2.60. The second-order valence-electron chi connectivity index (χ2n) is 6.83.